The van der Waals surface area contributed by atoms with Crippen LogP contribution < -0.4 is 10.1 Å². The maximum absolute atomic E-state index is 12.5. The van der Waals surface area contributed by atoms with Crippen molar-refractivity contribution in [3.63, 3.8) is 0 Å². The van der Waals surface area contributed by atoms with Crippen molar-refractivity contribution in [3.8, 4) is 5.75 Å². The molecule has 4 aromatic rings. The molecule has 0 fully saturated rings. The Hall–Kier alpha value is -3.58. The molecule has 1 amide bonds. The molecule has 1 N–H and O–H groups in total. The van der Waals surface area contributed by atoms with E-state index in [1.807, 2.05) is 50.2 Å². The van der Waals surface area contributed by atoms with Crippen LogP contribution in [-0.4, -0.2) is 25.5 Å². The number of carbonyl (C=O) groups is 1. The minimum atomic E-state index is -0.312. The van der Waals surface area contributed by atoms with Gasteiger partial charge in [0.15, 0.2) is 12.4 Å². The summed E-state index contributed by atoms with van der Waals surface area (Å²) in [7, 11) is 0. The molecule has 7 nitrogen and oxygen atoms in total. The number of aromatic nitrogens is 4. The zero-order chi connectivity index (χ0) is 21.8. The largest absolute Gasteiger partial charge is 0.471 e. The predicted molar refractivity (Wildman–Crippen MR) is 120 cm³/mol. The number of aryl methyl sites for hydroxylation is 2. The van der Waals surface area contributed by atoms with Gasteiger partial charge in [0.25, 0.3) is 5.91 Å². The van der Waals surface area contributed by atoms with Crippen LogP contribution in [0.2, 0.25) is 5.02 Å². The topological polar surface area (TPSA) is 74.0 Å². The first-order valence-corrected chi connectivity index (χ1v) is 10.2. The van der Waals surface area contributed by atoms with Gasteiger partial charge in [-0.3, -0.25) is 9.48 Å². The second-order valence-corrected chi connectivity index (χ2v) is 7.73. The van der Waals surface area contributed by atoms with Crippen molar-refractivity contribution in [3.05, 3.63) is 94.5 Å². The Morgan fingerprint density at radius 3 is 2.81 bits per heavy atom. The standard InChI is InChI=1S/C23H22ClN5O2/c1-16-6-7-22(17(2)10-16)31-15-28-9-8-21(27-28)23(30)26-20-12-25-29(14-20)13-18-4-3-5-19(24)11-18/h3-12,14H,13,15H2,1-2H3,(H,26,30). The normalized spacial score (nSPS) is 10.8. The second kappa shape index (κ2) is 9.06. The fraction of sp³-hybridized carbons (Fsp3) is 0.174. The van der Waals surface area contributed by atoms with Crippen LogP contribution in [-0.2, 0) is 13.3 Å². The van der Waals surface area contributed by atoms with Gasteiger partial charge < -0.3 is 10.1 Å². The van der Waals surface area contributed by atoms with E-state index in [2.05, 4.69) is 21.6 Å². The van der Waals surface area contributed by atoms with Gasteiger partial charge >= 0.3 is 0 Å². The van der Waals surface area contributed by atoms with E-state index < -0.39 is 0 Å². The second-order valence-electron chi connectivity index (χ2n) is 7.29. The van der Waals surface area contributed by atoms with Crippen LogP contribution in [0.5, 0.6) is 5.75 Å². The van der Waals surface area contributed by atoms with E-state index in [0.29, 0.717) is 22.9 Å². The van der Waals surface area contributed by atoms with E-state index in [1.165, 1.54) is 5.56 Å². The van der Waals surface area contributed by atoms with Gasteiger partial charge in [0.2, 0.25) is 0 Å². The molecule has 8 heteroatoms. The number of nitrogens with zero attached hydrogens (tertiary/aromatic N) is 4. The van der Waals surface area contributed by atoms with Crippen molar-refractivity contribution >= 4 is 23.2 Å². The highest BCUT2D eigenvalue weighted by Gasteiger charge is 2.12. The molecule has 0 atom stereocenters. The Labute approximate surface area is 185 Å². The summed E-state index contributed by atoms with van der Waals surface area (Å²) in [6, 6.07) is 15.2. The number of halogens is 1. The lowest BCUT2D eigenvalue weighted by Gasteiger charge is -2.09. The van der Waals surface area contributed by atoms with E-state index in [9.17, 15) is 4.79 Å². The Balaban J connectivity index is 1.34. The molecule has 2 aromatic heterocycles. The van der Waals surface area contributed by atoms with Crippen molar-refractivity contribution in [2.24, 2.45) is 0 Å². The Kier molecular flexibility index (Phi) is 6.04. The van der Waals surface area contributed by atoms with Crippen molar-refractivity contribution < 1.29 is 9.53 Å². The summed E-state index contributed by atoms with van der Waals surface area (Å²) in [4.78, 5) is 12.5. The first kappa shape index (κ1) is 20.7. The smallest absolute Gasteiger partial charge is 0.276 e. The molecular weight excluding hydrogens is 414 g/mol. The van der Waals surface area contributed by atoms with E-state index in [-0.39, 0.29) is 12.6 Å². The fourth-order valence-corrected chi connectivity index (χ4v) is 3.40. The van der Waals surface area contributed by atoms with E-state index in [1.54, 1.807) is 34.0 Å². The summed E-state index contributed by atoms with van der Waals surface area (Å²) in [5.41, 5.74) is 4.15. The minimum absolute atomic E-state index is 0.217. The third-order valence-corrected chi connectivity index (χ3v) is 4.92. The molecule has 0 saturated heterocycles. The SMILES string of the molecule is Cc1ccc(OCn2ccc(C(=O)Nc3cnn(Cc4cccc(Cl)c4)c3)n2)c(C)c1. The summed E-state index contributed by atoms with van der Waals surface area (Å²) in [5, 5.41) is 12.1. The first-order chi connectivity index (χ1) is 15.0. The highest BCUT2D eigenvalue weighted by atomic mass is 35.5. The minimum Gasteiger partial charge on any atom is -0.471 e. The molecule has 0 aliphatic rings. The van der Waals surface area contributed by atoms with Crippen LogP contribution in [0.15, 0.2) is 67.1 Å². The summed E-state index contributed by atoms with van der Waals surface area (Å²) in [6.07, 6.45) is 5.07. The number of amides is 1. The zero-order valence-electron chi connectivity index (χ0n) is 17.2. The van der Waals surface area contributed by atoms with Gasteiger partial charge in [-0.25, -0.2) is 4.68 Å². The third kappa shape index (κ3) is 5.32. The molecule has 0 spiro atoms. The molecule has 4 rings (SSSR count). The van der Waals surface area contributed by atoms with Crippen molar-refractivity contribution in [2.45, 2.75) is 27.1 Å². The third-order valence-electron chi connectivity index (χ3n) is 4.68. The van der Waals surface area contributed by atoms with Gasteiger partial charge in [-0.1, -0.05) is 41.4 Å². The van der Waals surface area contributed by atoms with Crippen molar-refractivity contribution in [1.29, 1.82) is 0 Å². The molecule has 0 aliphatic heterocycles. The molecule has 2 aromatic carbocycles. The highest BCUT2D eigenvalue weighted by Crippen LogP contribution is 2.19. The predicted octanol–water partition coefficient (Wildman–Crippen LogP) is 4.69. The van der Waals surface area contributed by atoms with Crippen LogP contribution in [0.4, 0.5) is 5.69 Å². The van der Waals surface area contributed by atoms with Gasteiger partial charge in [-0.15, -0.1) is 0 Å². The van der Waals surface area contributed by atoms with Gasteiger partial charge in [-0.2, -0.15) is 10.2 Å². The van der Waals surface area contributed by atoms with E-state index >= 15 is 0 Å². The van der Waals surface area contributed by atoms with Crippen LogP contribution in [0.3, 0.4) is 0 Å². The number of hydrogen-bond acceptors (Lipinski definition) is 4. The summed E-state index contributed by atoms with van der Waals surface area (Å²) in [5.74, 6) is 0.479. The fourth-order valence-electron chi connectivity index (χ4n) is 3.18. The maximum Gasteiger partial charge on any atom is 0.276 e. The van der Waals surface area contributed by atoms with Crippen molar-refractivity contribution in [1.82, 2.24) is 19.6 Å². The van der Waals surface area contributed by atoms with Crippen LogP contribution >= 0.6 is 11.6 Å². The van der Waals surface area contributed by atoms with Crippen LogP contribution in [0, 0.1) is 13.8 Å². The molecule has 2 heterocycles. The molecule has 0 aliphatic carbocycles. The molecule has 31 heavy (non-hydrogen) atoms. The first-order valence-electron chi connectivity index (χ1n) is 9.78. The van der Waals surface area contributed by atoms with Crippen LogP contribution in [0.25, 0.3) is 0 Å². The lowest BCUT2D eigenvalue weighted by molar-refractivity contribution is 0.102. The Morgan fingerprint density at radius 2 is 2.00 bits per heavy atom. The number of benzene rings is 2. The Bertz CT molecular complexity index is 1210. The highest BCUT2D eigenvalue weighted by molar-refractivity contribution is 6.30. The number of rotatable bonds is 7. The lowest BCUT2D eigenvalue weighted by Crippen LogP contribution is -2.14. The molecule has 0 saturated carbocycles. The van der Waals surface area contributed by atoms with Gasteiger partial charge in [0.1, 0.15) is 5.75 Å². The van der Waals surface area contributed by atoms with Crippen LogP contribution in [0.1, 0.15) is 27.2 Å². The summed E-state index contributed by atoms with van der Waals surface area (Å²) < 4.78 is 9.12. The van der Waals surface area contributed by atoms with E-state index in [0.717, 1.165) is 16.9 Å². The zero-order valence-corrected chi connectivity index (χ0v) is 18.0. The van der Waals surface area contributed by atoms with Crippen molar-refractivity contribution in [2.75, 3.05) is 5.32 Å². The molecule has 0 bridgehead atoms. The average molecular weight is 436 g/mol. The molecule has 0 unspecified atom stereocenters. The maximum atomic E-state index is 12.5. The Morgan fingerprint density at radius 1 is 1.13 bits per heavy atom. The number of anilines is 1. The number of nitrogens with one attached hydrogen (secondary N) is 1. The van der Waals surface area contributed by atoms with Gasteiger partial charge in [0.05, 0.1) is 18.4 Å². The number of ether oxygens (including phenoxy) is 1. The van der Waals surface area contributed by atoms with Gasteiger partial charge in [-0.05, 0) is 49.2 Å². The lowest BCUT2D eigenvalue weighted by atomic mass is 10.1. The number of hydrogen-bond donors (Lipinski definition) is 1. The quantitative estimate of drug-likeness (QED) is 0.457. The summed E-state index contributed by atoms with van der Waals surface area (Å²) >= 11 is 6.02. The average Bonchev–Trinajstić information content (AvgIpc) is 3.37. The van der Waals surface area contributed by atoms with Gasteiger partial charge in [0, 0.05) is 17.4 Å². The van der Waals surface area contributed by atoms with E-state index in [4.69, 9.17) is 16.3 Å². The number of carbonyl (C=O) groups excluding carboxylic acids is 1. The summed E-state index contributed by atoms with van der Waals surface area (Å²) in [6.45, 7) is 4.81. The monoisotopic (exact) mass is 435 g/mol. The molecular formula is C23H22ClN5O2. The molecule has 0 radical (unpaired) electrons. The molecule has 158 valence electrons.